The molecule has 0 bridgehead atoms. The predicted molar refractivity (Wildman–Crippen MR) is 106 cm³/mol. The van der Waals surface area contributed by atoms with Gasteiger partial charge in [0.2, 0.25) is 5.91 Å². The van der Waals surface area contributed by atoms with E-state index in [4.69, 9.17) is 0 Å². The highest BCUT2D eigenvalue weighted by atomic mass is 16.2. The number of aryl methyl sites for hydroxylation is 1. The molecule has 6 nitrogen and oxygen atoms in total. The molecular formula is C21H25N3O3. The van der Waals surface area contributed by atoms with Crippen LogP contribution in [0.5, 0.6) is 0 Å². The summed E-state index contributed by atoms with van der Waals surface area (Å²) in [6, 6.07) is 13.2. The number of hydrogen-bond donors (Lipinski definition) is 3. The van der Waals surface area contributed by atoms with Crippen molar-refractivity contribution in [2.24, 2.45) is 5.92 Å². The van der Waals surface area contributed by atoms with Gasteiger partial charge in [0, 0.05) is 23.9 Å². The van der Waals surface area contributed by atoms with Gasteiger partial charge in [0.1, 0.15) is 6.04 Å². The molecule has 6 heteroatoms. The van der Waals surface area contributed by atoms with Crippen molar-refractivity contribution in [1.29, 1.82) is 0 Å². The van der Waals surface area contributed by atoms with Gasteiger partial charge in [-0.15, -0.1) is 0 Å². The van der Waals surface area contributed by atoms with Crippen LogP contribution in [-0.2, 0) is 4.79 Å². The third kappa shape index (κ3) is 5.17. The zero-order valence-electron chi connectivity index (χ0n) is 16.0. The molecule has 0 aliphatic rings. The lowest BCUT2D eigenvalue weighted by Crippen LogP contribution is -2.47. The molecule has 0 aliphatic carbocycles. The quantitative estimate of drug-likeness (QED) is 0.734. The lowest BCUT2D eigenvalue weighted by molar-refractivity contribution is -0.118. The number of hydrogen-bond acceptors (Lipinski definition) is 3. The summed E-state index contributed by atoms with van der Waals surface area (Å²) in [6.45, 7) is 5.58. The van der Waals surface area contributed by atoms with E-state index in [1.165, 1.54) is 0 Å². The Kier molecular flexibility index (Phi) is 6.71. The van der Waals surface area contributed by atoms with Crippen LogP contribution in [0.3, 0.4) is 0 Å². The van der Waals surface area contributed by atoms with Crippen LogP contribution in [0.15, 0.2) is 48.5 Å². The Morgan fingerprint density at radius 3 is 2.26 bits per heavy atom. The summed E-state index contributed by atoms with van der Waals surface area (Å²) in [6.07, 6.45) is 0. The molecule has 0 saturated carbocycles. The Balaban J connectivity index is 2.15. The zero-order valence-corrected chi connectivity index (χ0v) is 16.0. The molecule has 3 amide bonds. The summed E-state index contributed by atoms with van der Waals surface area (Å²) in [4.78, 5) is 37.1. The fourth-order valence-electron chi connectivity index (χ4n) is 2.68. The highest BCUT2D eigenvalue weighted by Gasteiger charge is 2.25. The molecular weight excluding hydrogens is 342 g/mol. The summed E-state index contributed by atoms with van der Waals surface area (Å²) in [5, 5.41) is 8.14. The number of anilines is 1. The van der Waals surface area contributed by atoms with Gasteiger partial charge in [0.05, 0.1) is 0 Å². The van der Waals surface area contributed by atoms with Crippen LogP contribution in [0.4, 0.5) is 5.69 Å². The van der Waals surface area contributed by atoms with E-state index in [2.05, 4.69) is 16.0 Å². The lowest BCUT2D eigenvalue weighted by Gasteiger charge is -2.22. The summed E-state index contributed by atoms with van der Waals surface area (Å²) in [5.74, 6) is -0.971. The second-order valence-electron chi connectivity index (χ2n) is 6.66. The summed E-state index contributed by atoms with van der Waals surface area (Å²) >= 11 is 0. The molecule has 1 atom stereocenters. The Labute approximate surface area is 159 Å². The number of amides is 3. The van der Waals surface area contributed by atoms with E-state index in [9.17, 15) is 14.4 Å². The van der Waals surface area contributed by atoms with Crippen LogP contribution in [0, 0.1) is 12.8 Å². The first-order valence-electron chi connectivity index (χ1n) is 8.83. The molecule has 0 heterocycles. The summed E-state index contributed by atoms with van der Waals surface area (Å²) in [7, 11) is 1.55. The monoisotopic (exact) mass is 367 g/mol. The van der Waals surface area contributed by atoms with Gasteiger partial charge in [0.25, 0.3) is 11.8 Å². The van der Waals surface area contributed by atoms with Crippen molar-refractivity contribution >= 4 is 23.4 Å². The maximum Gasteiger partial charge on any atom is 0.252 e. The highest BCUT2D eigenvalue weighted by Crippen LogP contribution is 2.14. The second-order valence-corrected chi connectivity index (χ2v) is 6.66. The molecule has 0 spiro atoms. The van der Waals surface area contributed by atoms with E-state index >= 15 is 0 Å². The summed E-state index contributed by atoms with van der Waals surface area (Å²) in [5.41, 5.74) is 2.32. The molecule has 0 radical (unpaired) electrons. The minimum atomic E-state index is -0.708. The molecule has 1 unspecified atom stereocenters. The van der Waals surface area contributed by atoms with Crippen molar-refractivity contribution in [1.82, 2.24) is 10.6 Å². The van der Waals surface area contributed by atoms with Gasteiger partial charge in [0.15, 0.2) is 0 Å². The Bertz CT molecular complexity index is 846. The number of rotatable bonds is 6. The molecule has 0 fully saturated rings. The van der Waals surface area contributed by atoms with Crippen LogP contribution in [0.2, 0.25) is 0 Å². The van der Waals surface area contributed by atoms with Gasteiger partial charge in [-0.1, -0.05) is 38.1 Å². The van der Waals surface area contributed by atoms with E-state index in [1.54, 1.807) is 43.4 Å². The van der Waals surface area contributed by atoms with Gasteiger partial charge >= 0.3 is 0 Å². The van der Waals surface area contributed by atoms with E-state index in [0.29, 0.717) is 16.8 Å². The second kappa shape index (κ2) is 8.98. The fraction of sp³-hybridized carbons (Fsp3) is 0.286. The standard InChI is InChI=1S/C21H25N3O3/c1-13(2)18(24-20(26)17-11-6-5-8-14(17)3)21(27)23-16-10-7-9-15(12-16)19(25)22-4/h5-13,18H,1-4H3,(H,22,25)(H,23,27)(H,24,26). The van der Waals surface area contributed by atoms with Crippen molar-refractivity contribution in [2.45, 2.75) is 26.8 Å². The molecule has 0 saturated heterocycles. The SMILES string of the molecule is CNC(=O)c1cccc(NC(=O)C(NC(=O)c2ccccc2C)C(C)C)c1. The Morgan fingerprint density at radius 2 is 1.63 bits per heavy atom. The molecule has 2 rings (SSSR count). The zero-order chi connectivity index (χ0) is 20.0. The third-order valence-corrected chi connectivity index (χ3v) is 4.24. The molecule has 2 aromatic carbocycles. The third-order valence-electron chi connectivity index (χ3n) is 4.24. The molecule has 27 heavy (non-hydrogen) atoms. The van der Waals surface area contributed by atoms with Crippen LogP contribution in [-0.4, -0.2) is 30.8 Å². The largest absolute Gasteiger partial charge is 0.355 e. The number of carbonyl (C=O) groups excluding carboxylic acids is 3. The molecule has 0 aromatic heterocycles. The molecule has 2 aromatic rings. The smallest absolute Gasteiger partial charge is 0.252 e. The Morgan fingerprint density at radius 1 is 0.926 bits per heavy atom. The normalized spacial score (nSPS) is 11.6. The van der Waals surface area contributed by atoms with Gasteiger partial charge in [-0.3, -0.25) is 14.4 Å². The van der Waals surface area contributed by atoms with E-state index in [1.807, 2.05) is 32.9 Å². The minimum absolute atomic E-state index is 0.111. The van der Waals surface area contributed by atoms with Crippen molar-refractivity contribution in [3.05, 3.63) is 65.2 Å². The van der Waals surface area contributed by atoms with Crippen LogP contribution in [0.1, 0.15) is 40.1 Å². The average molecular weight is 367 g/mol. The Hall–Kier alpha value is -3.15. The first kappa shape index (κ1) is 20.2. The number of carbonyl (C=O) groups is 3. The maximum absolute atomic E-state index is 12.7. The molecule has 142 valence electrons. The van der Waals surface area contributed by atoms with Gasteiger partial charge in [-0.2, -0.15) is 0 Å². The minimum Gasteiger partial charge on any atom is -0.355 e. The first-order valence-corrected chi connectivity index (χ1v) is 8.83. The van der Waals surface area contributed by atoms with E-state index < -0.39 is 6.04 Å². The topological polar surface area (TPSA) is 87.3 Å². The summed E-state index contributed by atoms with van der Waals surface area (Å²) < 4.78 is 0. The number of nitrogens with one attached hydrogen (secondary N) is 3. The first-order chi connectivity index (χ1) is 12.8. The maximum atomic E-state index is 12.7. The molecule has 3 N–H and O–H groups in total. The van der Waals surface area contributed by atoms with Crippen LogP contribution >= 0.6 is 0 Å². The highest BCUT2D eigenvalue weighted by molar-refractivity contribution is 6.02. The van der Waals surface area contributed by atoms with Crippen molar-refractivity contribution in [3.63, 3.8) is 0 Å². The predicted octanol–water partition coefficient (Wildman–Crippen LogP) is 2.75. The van der Waals surface area contributed by atoms with Crippen LogP contribution < -0.4 is 16.0 Å². The lowest BCUT2D eigenvalue weighted by atomic mass is 10.0. The van der Waals surface area contributed by atoms with Gasteiger partial charge in [-0.25, -0.2) is 0 Å². The van der Waals surface area contributed by atoms with Crippen LogP contribution in [0.25, 0.3) is 0 Å². The van der Waals surface area contributed by atoms with Crippen molar-refractivity contribution in [2.75, 3.05) is 12.4 Å². The van der Waals surface area contributed by atoms with Crippen molar-refractivity contribution in [3.8, 4) is 0 Å². The van der Waals surface area contributed by atoms with Gasteiger partial charge < -0.3 is 16.0 Å². The van der Waals surface area contributed by atoms with E-state index in [-0.39, 0.29) is 23.6 Å². The van der Waals surface area contributed by atoms with Gasteiger partial charge in [-0.05, 0) is 42.7 Å². The van der Waals surface area contributed by atoms with Crippen molar-refractivity contribution < 1.29 is 14.4 Å². The average Bonchev–Trinajstić information content (AvgIpc) is 2.65. The molecule has 0 aliphatic heterocycles. The fourth-order valence-corrected chi connectivity index (χ4v) is 2.68. The number of benzene rings is 2. The van der Waals surface area contributed by atoms with E-state index in [0.717, 1.165) is 5.56 Å².